The molecule has 0 radical (unpaired) electrons. The standard InChI is InChI=1S/C29H34O4.C4H9NO2/c1-6-29(7-2,22-11-13-25-20(16-22)17-23(18-30)32-25)21-10-12-24(19(3)15-21)33-26-9-8-14-28(4,5)27(26)31;1-5(2)3-4(6)7/h10-13,15-18,26H,6-9,14H2,1-5H3;3H2,1-2H3,(H,6,7). The Hall–Kier alpha value is -3.45. The van der Waals surface area contributed by atoms with E-state index < -0.39 is 5.97 Å². The van der Waals surface area contributed by atoms with Crippen molar-refractivity contribution in [2.24, 2.45) is 5.41 Å². The van der Waals surface area contributed by atoms with Crippen LogP contribution in [0.4, 0.5) is 0 Å². The van der Waals surface area contributed by atoms with Crippen LogP contribution in [0.3, 0.4) is 0 Å². The van der Waals surface area contributed by atoms with Crippen molar-refractivity contribution >= 4 is 29.0 Å². The van der Waals surface area contributed by atoms with E-state index in [0.29, 0.717) is 5.76 Å². The van der Waals surface area contributed by atoms with Gasteiger partial charge in [0.1, 0.15) is 11.3 Å². The van der Waals surface area contributed by atoms with Crippen LogP contribution in [0, 0.1) is 12.3 Å². The SMILES string of the molecule is CCC(CC)(c1ccc(OC2CCCC(C)(C)C2=O)c(C)c1)c1ccc2oc(C=O)cc2c1.CN(C)CC(=O)O. The number of rotatable bonds is 9. The maximum atomic E-state index is 12.8. The van der Waals surface area contributed by atoms with E-state index in [1.165, 1.54) is 11.1 Å². The van der Waals surface area contributed by atoms with Crippen LogP contribution >= 0.6 is 0 Å². The van der Waals surface area contributed by atoms with Crippen molar-refractivity contribution in [3.05, 3.63) is 64.9 Å². The summed E-state index contributed by atoms with van der Waals surface area (Å²) in [4.78, 5) is 35.3. The number of nitrogens with zero attached hydrogens (tertiary/aromatic N) is 1. The maximum Gasteiger partial charge on any atom is 0.317 e. The van der Waals surface area contributed by atoms with Crippen molar-refractivity contribution in [3.8, 4) is 5.75 Å². The van der Waals surface area contributed by atoms with Gasteiger partial charge in [-0.1, -0.05) is 45.9 Å². The second kappa shape index (κ2) is 12.8. The molecule has 1 aliphatic rings. The summed E-state index contributed by atoms with van der Waals surface area (Å²) in [5.74, 6) is 0.553. The van der Waals surface area contributed by atoms with Gasteiger partial charge in [-0.3, -0.25) is 19.3 Å². The van der Waals surface area contributed by atoms with Crippen LogP contribution in [0.5, 0.6) is 5.75 Å². The summed E-state index contributed by atoms with van der Waals surface area (Å²) in [5, 5.41) is 8.98. The summed E-state index contributed by atoms with van der Waals surface area (Å²) in [6, 6.07) is 14.4. The van der Waals surface area contributed by atoms with Crippen LogP contribution in [0.1, 0.15) is 87.0 Å². The number of fused-ring (bicyclic) bond motifs is 1. The average Bonchev–Trinajstić information content (AvgIpc) is 3.32. The highest BCUT2D eigenvalue weighted by atomic mass is 16.5. The van der Waals surface area contributed by atoms with Gasteiger partial charge in [0.25, 0.3) is 0 Å². The number of ether oxygens (including phenoxy) is 1. The van der Waals surface area contributed by atoms with Crippen LogP contribution < -0.4 is 4.74 Å². The number of furan rings is 1. The van der Waals surface area contributed by atoms with E-state index in [9.17, 15) is 14.4 Å². The number of carboxylic acids is 1. The van der Waals surface area contributed by atoms with Gasteiger partial charge in [0, 0.05) is 16.2 Å². The van der Waals surface area contributed by atoms with E-state index in [4.69, 9.17) is 14.3 Å². The van der Waals surface area contributed by atoms with Gasteiger partial charge in [-0.15, -0.1) is 0 Å². The quantitative estimate of drug-likeness (QED) is 0.293. The molecule has 1 fully saturated rings. The van der Waals surface area contributed by atoms with Gasteiger partial charge in [0.15, 0.2) is 23.9 Å². The van der Waals surface area contributed by atoms with E-state index in [1.807, 2.05) is 26.0 Å². The zero-order valence-electron chi connectivity index (χ0n) is 24.9. The predicted molar refractivity (Wildman–Crippen MR) is 157 cm³/mol. The number of carbonyl (C=O) groups is 3. The minimum absolute atomic E-state index is 0.111. The molecule has 1 heterocycles. The molecule has 2 aromatic carbocycles. The number of Topliss-reactive ketones (excluding diaryl/α,β-unsaturated/α-hetero) is 1. The van der Waals surface area contributed by atoms with Crippen LogP contribution in [0.15, 0.2) is 46.9 Å². The number of aliphatic carboxylic acids is 1. The van der Waals surface area contributed by atoms with Gasteiger partial charge < -0.3 is 14.3 Å². The third-order valence-corrected chi connectivity index (χ3v) is 8.09. The molecule has 1 aromatic heterocycles. The number of carbonyl (C=O) groups excluding carboxylic acids is 2. The van der Waals surface area contributed by atoms with Crippen molar-refractivity contribution in [3.63, 3.8) is 0 Å². The van der Waals surface area contributed by atoms with Crippen LogP contribution in [0.2, 0.25) is 0 Å². The van der Waals surface area contributed by atoms with E-state index >= 15 is 0 Å². The largest absolute Gasteiger partial charge is 0.482 e. The maximum absolute atomic E-state index is 12.8. The first-order valence-corrected chi connectivity index (χ1v) is 14.0. The predicted octanol–water partition coefficient (Wildman–Crippen LogP) is 6.82. The monoisotopic (exact) mass is 549 g/mol. The topological polar surface area (TPSA) is 97.0 Å². The number of ketones is 1. The molecule has 3 aromatic rings. The molecule has 1 N–H and O–H groups in total. The second-order valence-electron chi connectivity index (χ2n) is 11.7. The van der Waals surface area contributed by atoms with Gasteiger partial charge in [0.2, 0.25) is 0 Å². The van der Waals surface area contributed by atoms with Crippen molar-refractivity contribution < 1.29 is 28.6 Å². The summed E-state index contributed by atoms with van der Waals surface area (Å²) in [7, 11) is 3.43. The van der Waals surface area contributed by atoms with Crippen LogP contribution in [-0.4, -0.2) is 54.8 Å². The molecule has 7 nitrogen and oxygen atoms in total. The molecule has 0 bridgehead atoms. The summed E-state index contributed by atoms with van der Waals surface area (Å²) < 4.78 is 11.8. The fourth-order valence-electron chi connectivity index (χ4n) is 5.69. The summed E-state index contributed by atoms with van der Waals surface area (Å²) in [6.45, 7) is 10.6. The average molecular weight is 550 g/mol. The van der Waals surface area contributed by atoms with Gasteiger partial charge in [-0.25, -0.2) is 0 Å². The Morgan fingerprint density at radius 2 is 1.77 bits per heavy atom. The van der Waals surface area contributed by atoms with E-state index in [-0.39, 0.29) is 29.3 Å². The fraction of sp³-hybridized carbons (Fsp3) is 0.485. The zero-order chi connectivity index (χ0) is 29.7. The molecule has 1 unspecified atom stereocenters. The molecule has 1 aliphatic carbocycles. The molecule has 0 aliphatic heterocycles. The van der Waals surface area contributed by atoms with Crippen LogP contribution in [0.25, 0.3) is 11.0 Å². The van der Waals surface area contributed by atoms with Gasteiger partial charge in [-0.2, -0.15) is 0 Å². The third kappa shape index (κ3) is 6.81. The normalized spacial score (nSPS) is 16.9. The first-order chi connectivity index (χ1) is 18.9. The Labute approximate surface area is 237 Å². The molecular weight excluding hydrogens is 506 g/mol. The molecule has 1 atom stereocenters. The van der Waals surface area contributed by atoms with E-state index in [1.54, 1.807) is 25.1 Å². The third-order valence-electron chi connectivity index (χ3n) is 8.09. The fourth-order valence-corrected chi connectivity index (χ4v) is 5.69. The second-order valence-corrected chi connectivity index (χ2v) is 11.7. The van der Waals surface area contributed by atoms with E-state index in [0.717, 1.165) is 60.7 Å². The Morgan fingerprint density at radius 3 is 2.33 bits per heavy atom. The zero-order valence-corrected chi connectivity index (χ0v) is 24.9. The molecular formula is C33H43NO6. The van der Waals surface area contributed by atoms with Crippen LogP contribution in [-0.2, 0) is 15.0 Å². The molecule has 0 saturated heterocycles. The Kier molecular flexibility index (Phi) is 9.96. The summed E-state index contributed by atoms with van der Waals surface area (Å²) >= 11 is 0. The lowest BCUT2D eigenvalue weighted by Gasteiger charge is -2.35. The minimum Gasteiger partial charge on any atom is -0.482 e. The van der Waals surface area contributed by atoms with Crippen molar-refractivity contribution in [2.45, 2.75) is 78.2 Å². The first kappa shape index (κ1) is 31.1. The molecule has 0 amide bonds. The smallest absolute Gasteiger partial charge is 0.317 e. The van der Waals surface area contributed by atoms with Gasteiger partial charge in [0.05, 0.1) is 6.54 Å². The summed E-state index contributed by atoms with van der Waals surface area (Å²) in [5.41, 5.74) is 3.72. The molecule has 1 saturated carbocycles. The number of likely N-dealkylation sites (N-methyl/N-ethyl adjacent to an activating group) is 1. The number of hydrogen-bond donors (Lipinski definition) is 1. The van der Waals surface area contributed by atoms with Crippen molar-refractivity contribution in [1.29, 1.82) is 0 Å². The summed E-state index contributed by atoms with van der Waals surface area (Å²) in [6.07, 6.45) is 4.96. The number of hydrogen-bond acceptors (Lipinski definition) is 6. The van der Waals surface area contributed by atoms with Gasteiger partial charge >= 0.3 is 5.97 Å². The minimum atomic E-state index is -0.787. The Balaban J connectivity index is 0.000000559. The number of aryl methyl sites for hydroxylation is 1. The van der Waals surface area contributed by atoms with Gasteiger partial charge in [-0.05, 0) is 94.1 Å². The molecule has 216 valence electrons. The molecule has 0 spiro atoms. The molecule has 40 heavy (non-hydrogen) atoms. The first-order valence-electron chi connectivity index (χ1n) is 14.0. The highest BCUT2D eigenvalue weighted by Gasteiger charge is 2.39. The molecule has 7 heteroatoms. The lowest BCUT2D eigenvalue weighted by atomic mass is 9.70. The Bertz CT molecular complexity index is 1350. The number of aldehydes is 1. The van der Waals surface area contributed by atoms with E-state index in [2.05, 4.69) is 45.0 Å². The Morgan fingerprint density at radius 1 is 1.12 bits per heavy atom. The number of carboxylic acid groups (broad SMARTS) is 1. The highest BCUT2D eigenvalue weighted by Crippen LogP contribution is 2.42. The van der Waals surface area contributed by atoms with Crippen molar-refractivity contribution in [2.75, 3.05) is 20.6 Å². The lowest BCUT2D eigenvalue weighted by Crippen LogP contribution is -2.42. The lowest BCUT2D eigenvalue weighted by molar-refractivity contribution is -0.138. The number of benzene rings is 2. The van der Waals surface area contributed by atoms with Crippen molar-refractivity contribution in [1.82, 2.24) is 4.90 Å². The highest BCUT2D eigenvalue weighted by molar-refractivity contribution is 5.89. The molecule has 4 rings (SSSR count).